The molecule has 8 nitrogen and oxygen atoms in total. The Morgan fingerprint density at radius 1 is 1.26 bits per heavy atom. The Hall–Kier alpha value is -2.94. The summed E-state index contributed by atoms with van der Waals surface area (Å²) in [6.07, 6.45) is 2.19. The van der Waals surface area contributed by atoms with Crippen LogP contribution in [0.15, 0.2) is 24.3 Å². The van der Waals surface area contributed by atoms with E-state index in [4.69, 9.17) is 0 Å². The van der Waals surface area contributed by atoms with Crippen LogP contribution >= 0.6 is 11.5 Å². The van der Waals surface area contributed by atoms with E-state index in [9.17, 15) is 9.59 Å². The van der Waals surface area contributed by atoms with Gasteiger partial charge in [0, 0.05) is 17.5 Å². The van der Waals surface area contributed by atoms with Crippen LogP contribution in [-0.2, 0) is 11.2 Å². The standard InChI is InChI=1S/C18H18N6O2S/c1-10-3-7-13(8-4-10)24-16(12-5-6-12)15(21-23-24)17(26)20-18-19-14(22-27-18)9-11(2)25/h3-4,7-8,12H,5-6,9H2,1-2H3,(H,19,20,22,26). The molecule has 0 atom stereocenters. The van der Waals surface area contributed by atoms with Crippen LogP contribution in [0.4, 0.5) is 5.13 Å². The van der Waals surface area contributed by atoms with E-state index in [0.29, 0.717) is 16.6 Å². The molecule has 0 spiro atoms. The van der Waals surface area contributed by atoms with Crippen molar-refractivity contribution >= 4 is 28.4 Å². The molecule has 1 aliphatic carbocycles. The van der Waals surface area contributed by atoms with Crippen LogP contribution in [0.5, 0.6) is 0 Å². The summed E-state index contributed by atoms with van der Waals surface area (Å²) in [6.45, 7) is 3.50. The molecule has 1 aliphatic rings. The lowest BCUT2D eigenvalue weighted by Gasteiger charge is -2.07. The highest BCUT2D eigenvalue weighted by Gasteiger charge is 2.34. The number of hydrogen-bond donors (Lipinski definition) is 1. The molecule has 0 saturated heterocycles. The van der Waals surface area contributed by atoms with E-state index in [2.05, 4.69) is 25.0 Å². The average Bonchev–Trinajstić information content (AvgIpc) is 3.22. The maximum atomic E-state index is 12.7. The van der Waals surface area contributed by atoms with Gasteiger partial charge in [-0.2, -0.15) is 4.37 Å². The zero-order valence-corrected chi connectivity index (χ0v) is 15.8. The predicted molar refractivity (Wildman–Crippen MR) is 100 cm³/mol. The van der Waals surface area contributed by atoms with Gasteiger partial charge >= 0.3 is 0 Å². The third-order valence-corrected chi connectivity index (χ3v) is 4.93. The molecule has 138 valence electrons. The van der Waals surface area contributed by atoms with Gasteiger partial charge < -0.3 is 0 Å². The minimum absolute atomic E-state index is 0.0252. The molecule has 2 aromatic heterocycles. The molecule has 0 aliphatic heterocycles. The van der Waals surface area contributed by atoms with Gasteiger partial charge in [-0.05, 0) is 38.8 Å². The number of aryl methyl sites for hydroxylation is 1. The number of amides is 1. The van der Waals surface area contributed by atoms with E-state index in [1.165, 1.54) is 6.92 Å². The molecular formula is C18H18N6O2S. The molecule has 2 heterocycles. The van der Waals surface area contributed by atoms with Gasteiger partial charge in [0.25, 0.3) is 5.91 Å². The molecule has 1 fully saturated rings. The van der Waals surface area contributed by atoms with Crippen LogP contribution < -0.4 is 5.32 Å². The second kappa shape index (κ2) is 6.99. The van der Waals surface area contributed by atoms with E-state index >= 15 is 0 Å². The number of aromatic nitrogens is 5. The van der Waals surface area contributed by atoms with E-state index in [-0.39, 0.29) is 24.0 Å². The predicted octanol–water partition coefficient (Wildman–Crippen LogP) is 2.69. The zero-order chi connectivity index (χ0) is 19.0. The molecule has 27 heavy (non-hydrogen) atoms. The van der Waals surface area contributed by atoms with Crippen LogP contribution in [0.2, 0.25) is 0 Å². The van der Waals surface area contributed by atoms with Crippen molar-refractivity contribution in [2.75, 3.05) is 5.32 Å². The van der Waals surface area contributed by atoms with Crippen LogP contribution in [0, 0.1) is 6.92 Å². The molecule has 1 amide bonds. The fraction of sp³-hybridized carbons (Fsp3) is 0.333. The summed E-state index contributed by atoms with van der Waals surface area (Å²) in [5.41, 5.74) is 3.17. The van der Waals surface area contributed by atoms with Crippen LogP contribution in [0.1, 0.15) is 53.3 Å². The summed E-state index contributed by atoms with van der Waals surface area (Å²) in [4.78, 5) is 28.1. The molecule has 3 aromatic rings. The van der Waals surface area contributed by atoms with Crippen molar-refractivity contribution in [2.24, 2.45) is 0 Å². The third-order valence-electron chi connectivity index (χ3n) is 4.26. The number of anilines is 1. The zero-order valence-electron chi connectivity index (χ0n) is 15.0. The molecule has 1 N–H and O–H groups in total. The van der Waals surface area contributed by atoms with E-state index < -0.39 is 0 Å². The number of benzene rings is 1. The minimum atomic E-state index is -0.360. The number of rotatable bonds is 6. The second-order valence-corrected chi connectivity index (χ2v) is 7.45. The molecule has 1 aromatic carbocycles. The Kier molecular flexibility index (Phi) is 4.53. The molecule has 1 saturated carbocycles. The highest BCUT2D eigenvalue weighted by molar-refractivity contribution is 7.09. The summed E-state index contributed by atoms with van der Waals surface area (Å²) >= 11 is 1.05. The Bertz CT molecular complexity index is 1000. The Labute approximate surface area is 159 Å². The summed E-state index contributed by atoms with van der Waals surface area (Å²) in [5.74, 6) is 0.307. The monoisotopic (exact) mass is 382 g/mol. The largest absolute Gasteiger partial charge is 0.300 e. The number of nitrogens with one attached hydrogen (secondary N) is 1. The SMILES string of the molecule is CC(=O)Cc1nsc(NC(=O)c2nnn(-c3ccc(C)cc3)c2C2CC2)n1. The van der Waals surface area contributed by atoms with Gasteiger partial charge in [-0.25, -0.2) is 9.67 Å². The molecular weight excluding hydrogens is 364 g/mol. The summed E-state index contributed by atoms with van der Waals surface area (Å²) in [5, 5.41) is 11.4. The Morgan fingerprint density at radius 3 is 2.67 bits per heavy atom. The van der Waals surface area contributed by atoms with E-state index in [1.54, 1.807) is 4.68 Å². The Morgan fingerprint density at radius 2 is 2.00 bits per heavy atom. The van der Waals surface area contributed by atoms with Crippen molar-refractivity contribution in [3.05, 3.63) is 47.0 Å². The number of carbonyl (C=O) groups excluding carboxylic acids is 2. The van der Waals surface area contributed by atoms with Crippen molar-refractivity contribution in [3.8, 4) is 5.69 Å². The van der Waals surface area contributed by atoms with Crippen molar-refractivity contribution in [2.45, 2.75) is 39.0 Å². The minimum Gasteiger partial charge on any atom is -0.300 e. The summed E-state index contributed by atoms with van der Waals surface area (Å²) in [7, 11) is 0. The van der Waals surface area contributed by atoms with Gasteiger partial charge in [0.15, 0.2) is 11.5 Å². The molecule has 9 heteroatoms. The van der Waals surface area contributed by atoms with Gasteiger partial charge in [-0.1, -0.05) is 22.9 Å². The summed E-state index contributed by atoms with van der Waals surface area (Å²) in [6, 6.07) is 7.95. The van der Waals surface area contributed by atoms with Gasteiger partial charge in [0.2, 0.25) is 5.13 Å². The first-order valence-electron chi connectivity index (χ1n) is 8.67. The van der Waals surface area contributed by atoms with Crippen LogP contribution in [-0.4, -0.2) is 36.0 Å². The highest BCUT2D eigenvalue weighted by Crippen LogP contribution is 2.42. The number of carbonyl (C=O) groups is 2. The fourth-order valence-electron chi connectivity index (χ4n) is 2.81. The number of nitrogens with zero attached hydrogens (tertiary/aromatic N) is 5. The topological polar surface area (TPSA) is 103 Å². The lowest BCUT2D eigenvalue weighted by Crippen LogP contribution is -2.15. The molecule has 0 unspecified atom stereocenters. The van der Waals surface area contributed by atoms with Crippen LogP contribution in [0.3, 0.4) is 0 Å². The maximum Gasteiger partial charge on any atom is 0.279 e. The third kappa shape index (κ3) is 3.77. The van der Waals surface area contributed by atoms with Crippen molar-refractivity contribution in [1.29, 1.82) is 0 Å². The lowest BCUT2D eigenvalue weighted by atomic mass is 10.2. The molecule has 0 bridgehead atoms. The maximum absolute atomic E-state index is 12.7. The number of hydrogen-bond acceptors (Lipinski definition) is 7. The number of ketones is 1. The lowest BCUT2D eigenvalue weighted by molar-refractivity contribution is -0.116. The van der Waals surface area contributed by atoms with Gasteiger partial charge in [-0.15, -0.1) is 5.10 Å². The average molecular weight is 382 g/mol. The van der Waals surface area contributed by atoms with E-state index in [0.717, 1.165) is 41.3 Å². The first kappa shape index (κ1) is 17.5. The van der Waals surface area contributed by atoms with Crippen molar-refractivity contribution in [3.63, 3.8) is 0 Å². The van der Waals surface area contributed by atoms with Gasteiger partial charge in [0.05, 0.1) is 17.8 Å². The highest BCUT2D eigenvalue weighted by atomic mass is 32.1. The Balaban J connectivity index is 1.60. The van der Waals surface area contributed by atoms with Gasteiger partial charge in [-0.3, -0.25) is 14.9 Å². The fourth-order valence-corrected chi connectivity index (χ4v) is 3.39. The first-order valence-corrected chi connectivity index (χ1v) is 9.44. The number of Topliss-reactive ketones (excluding diaryl/α,β-unsaturated/α-hetero) is 1. The second-order valence-electron chi connectivity index (χ2n) is 6.69. The molecule has 0 radical (unpaired) electrons. The molecule has 4 rings (SSSR count). The first-order chi connectivity index (χ1) is 13.0. The summed E-state index contributed by atoms with van der Waals surface area (Å²) < 4.78 is 5.83. The van der Waals surface area contributed by atoms with Crippen molar-refractivity contribution in [1.82, 2.24) is 24.4 Å². The quantitative estimate of drug-likeness (QED) is 0.703. The normalized spacial score (nSPS) is 13.6. The smallest absolute Gasteiger partial charge is 0.279 e. The van der Waals surface area contributed by atoms with Crippen molar-refractivity contribution < 1.29 is 9.59 Å². The van der Waals surface area contributed by atoms with Crippen LogP contribution in [0.25, 0.3) is 5.69 Å². The van der Waals surface area contributed by atoms with E-state index in [1.807, 2.05) is 31.2 Å². The van der Waals surface area contributed by atoms with Gasteiger partial charge in [0.1, 0.15) is 5.78 Å².